The number of carbonyl (C=O) groups excluding carboxylic acids is 1. The molecule has 0 saturated heterocycles. The Morgan fingerprint density at radius 1 is 1.43 bits per heavy atom. The Kier molecular flexibility index (Phi) is 6.18. The van der Waals surface area contributed by atoms with Gasteiger partial charge in [-0.25, -0.2) is 4.98 Å². The van der Waals surface area contributed by atoms with Crippen molar-refractivity contribution >= 4 is 22.8 Å². The average Bonchev–Trinajstić information content (AvgIpc) is 3.09. The maximum atomic E-state index is 11.2. The second kappa shape index (κ2) is 7.90. The van der Waals surface area contributed by atoms with Crippen LogP contribution in [0.2, 0.25) is 0 Å². The van der Waals surface area contributed by atoms with Crippen LogP contribution in [0.3, 0.4) is 0 Å². The van der Waals surface area contributed by atoms with Crippen molar-refractivity contribution in [3.05, 3.63) is 10.6 Å². The zero-order valence-electron chi connectivity index (χ0n) is 13.3. The Balaban J connectivity index is 2.20. The van der Waals surface area contributed by atoms with Gasteiger partial charge >= 0.3 is 0 Å². The number of rotatable bonds is 8. The van der Waals surface area contributed by atoms with Crippen LogP contribution in [0.4, 0.5) is 5.13 Å². The van der Waals surface area contributed by atoms with Gasteiger partial charge in [0.1, 0.15) is 0 Å². The summed E-state index contributed by atoms with van der Waals surface area (Å²) >= 11 is 1.51. The fraction of sp³-hybridized carbons (Fsp3) is 0.750. The monoisotopic (exact) mass is 310 g/mol. The van der Waals surface area contributed by atoms with Crippen LogP contribution in [0.25, 0.3) is 0 Å². The smallest absolute Gasteiger partial charge is 0.186 e. The molecule has 0 aliphatic heterocycles. The van der Waals surface area contributed by atoms with Gasteiger partial charge in [-0.3, -0.25) is 4.79 Å². The van der Waals surface area contributed by atoms with Gasteiger partial charge in [0.15, 0.2) is 11.4 Å². The summed E-state index contributed by atoms with van der Waals surface area (Å²) in [4.78, 5) is 19.0. The molecule has 0 unspecified atom stereocenters. The molecule has 1 aromatic heterocycles. The van der Waals surface area contributed by atoms with Gasteiger partial charge in [0.25, 0.3) is 0 Å². The predicted molar refractivity (Wildman–Crippen MR) is 87.3 cm³/mol. The lowest BCUT2D eigenvalue weighted by atomic mass is 10.1. The van der Waals surface area contributed by atoms with Crippen molar-refractivity contribution in [3.8, 4) is 0 Å². The topological polar surface area (TPSA) is 42.4 Å². The summed E-state index contributed by atoms with van der Waals surface area (Å²) in [7, 11) is 1.64. The molecular weight excluding hydrogens is 284 g/mol. The molecule has 0 radical (unpaired) electrons. The zero-order valence-corrected chi connectivity index (χ0v) is 14.1. The van der Waals surface area contributed by atoms with Crippen LogP contribution in [0.15, 0.2) is 0 Å². The van der Waals surface area contributed by atoms with E-state index in [9.17, 15) is 4.79 Å². The summed E-state index contributed by atoms with van der Waals surface area (Å²) in [5.74, 6) is 0.679. The highest BCUT2D eigenvalue weighted by atomic mass is 32.1. The van der Waals surface area contributed by atoms with Gasteiger partial charge < -0.3 is 9.64 Å². The lowest BCUT2D eigenvalue weighted by Crippen LogP contribution is -2.34. The third-order valence-electron chi connectivity index (χ3n) is 4.06. The van der Waals surface area contributed by atoms with E-state index in [1.807, 2.05) is 0 Å². The standard InChI is InChI=1S/C16H26N2O2S/c1-12(2)8-9-18(13-6-4-5-7-13)16-17-14(11-20-3)15(10-19)21-16/h10,12-13H,4-9,11H2,1-3H3. The number of carbonyl (C=O) groups is 1. The first-order valence-electron chi connectivity index (χ1n) is 7.86. The minimum atomic E-state index is 0.410. The third kappa shape index (κ3) is 4.27. The number of aromatic nitrogens is 1. The van der Waals surface area contributed by atoms with Gasteiger partial charge in [-0.05, 0) is 25.2 Å². The van der Waals surface area contributed by atoms with E-state index in [0.29, 0.717) is 23.4 Å². The molecule has 0 atom stereocenters. The number of hydrogen-bond donors (Lipinski definition) is 0. The number of thiazole rings is 1. The van der Waals surface area contributed by atoms with Crippen LogP contribution in [0.5, 0.6) is 0 Å². The summed E-state index contributed by atoms with van der Waals surface area (Å²) in [5, 5.41) is 0.997. The van der Waals surface area contributed by atoms with E-state index in [2.05, 4.69) is 23.7 Å². The Morgan fingerprint density at radius 2 is 2.14 bits per heavy atom. The minimum absolute atomic E-state index is 0.410. The second-order valence-electron chi connectivity index (χ2n) is 6.17. The Bertz CT molecular complexity index is 453. The normalized spacial score (nSPS) is 15.8. The highest BCUT2D eigenvalue weighted by molar-refractivity contribution is 7.17. The van der Waals surface area contributed by atoms with Crippen molar-refractivity contribution in [2.75, 3.05) is 18.6 Å². The molecule has 21 heavy (non-hydrogen) atoms. The number of nitrogens with zero attached hydrogens (tertiary/aromatic N) is 2. The predicted octanol–water partition coefficient (Wildman–Crippen LogP) is 3.90. The first kappa shape index (κ1) is 16.4. The molecular formula is C16H26N2O2S. The van der Waals surface area contributed by atoms with Gasteiger partial charge in [-0.2, -0.15) is 0 Å². The van der Waals surface area contributed by atoms with E-state index in [1.54, 1.807) is 7.11 Å². The molecule has 0 N–H and O–H groups in total. The van der Waals surface area contributed by atoms with Gasteiger partial charge in [0.05, 0.1) is 17.2 Å². The van der Waals surface area contributed by atoms with Crippen molar-refractivity contribution in [3.63, 3.8) is 0 Å². The lowest BCUT2D eigenvalue weighted by Gasteiger charge is -2.29. The molecule has 1 aliphatic carbocycles. The summed E-state index contributed by atoms with van der Waals surface area (Å²) < 4.78 is 5.15. The zero-order chi connectivity index (χ0) is 15.2. The molecule has 0 aromatic carbocycles. The molecule has 1 heterocycles. The fourth-order valence-electron chi connectivity index (χ4n) is 2.85. The van der Waals surface area contributed by atoms with Gasteiger partial charge in [-0.1, -0.05) is 38.0 Å². The molecule has 2 rings (SSSR count). The van der Waals surface area contributed by atoms with Crippen LogP contribution in [-0.4, -0.2) is 31.0 Å². The molecule has 1 aromatic rings. The third-order valence-corrected chi connectivity index (χ3v) is 5.12. The molecule has 0 bridgehead atoms. The maximum Gasteiger partial charge on any atom is 0.186 e. The number of hydrogen-bond acceptors (Lipinski definition) is 5. The molecule has 1 fully saturated rings. The van der Waals surface area contributed by atoms with E-state index in [1.165, 1.54) is 37.0 Å². The van der Waals surface area contributed by atoms with Crippen molar-refractivity contribution < 1.29 is 9.53 Å². The summed E-state index contributed by atoms with van der Waals surface area (Å²) in [6, 6.07) is 0.588. The molecule has 5 heteroatoms. The SMILES string of the molecule is COCc1nc(N(CCC(C)C)C2CCCC2)sc1C=O. The summed E-state index contributed by atoms with van der Waals surface area (Å²) in [5.41, 5.74) is 0.778. The Labute approximate surface area is 131 Å². The van der Waals surface area contributed by atoms with Gasteiger partial charge in [0.2, 0.25) is 0 Å². The average molecular weight is 310 g/mol. The molecule has 0 amide bonds. The summed E-state index contributed by atoms with van der Waals surface area (Å²) in [6.45, 7) is 5.94. The van der Waals surface area contributed by atoms with E-state index < -0.39 is 0 Å². The van der Waals surface area contributed by atoms with E-state index >= 15 is 0 Å². The number of methoxy groups -OCH3 is 1. The number of anilines is 1. The Hall–Kier alpha value is -0.940. The fourth-order valence-corrected chi connectivity index (χ4v) is 3.83. The molecule has 4 nitrogen and oxygen atoms in total. The minimum Gasteiger partial charge on any atom is -0.378 e. The molecule has 1 aliphatic rings. The summed E-state index contributed by atoms with van der Waals surface area (Å²) in [6.07, 6.45) is 7.16. The van der Waals surface area contributed by atoms with Crippen LogP contribution in [-0.2, 0) is 11.3 Å². The number of aldehydes is 1. The number of ether oxygens (including phenoxy) is 1. The van der Waals surface area contributed by atoms with Crippen molar-refractivity contribution in [1.82, 2.24) is 4.98 Å². The second-order valence-corrected chi connectivity index (χ2v) is 7.18. The van der Waals surface area contributed by atoms with Crippen molar-refractivity contribution in [1.29, 1.82) is 0 Å². The highest BCUT2D eigenvalue weighted by Gasteiger charge is 2.26. The van der Waals surface area contributed by atoms with Crippen LogP contribution >= 0.6 is 11.3 Å². The van der Waals surface area contributed by atoms with Crippen molar-refractivity contribution in [2.45, 2.75) is 58.6 Å². The van der Waals surface area contributed by atoms with Gasteiger partial charge in [-0.15, -0.1) is 0 Å². The van der Waals surface area contributed by atoms with E-state index in [-0.39, 0.29) is 0 Å². The maximum absolute atomic E-state index is 11.2. The van der Waals surface area contributed by atoms with Crippen molar-refractivity contribution in [2.24, 2.45) is 5.92 Å². The van der Waals surface area contributed by atoms with Crippen LogP contribution < -0.4 is 4.90 Å². The Morgan fingerprint density at radius 3 is 2.71 bits per heavy atom. The van der Waals surface area contributed by atoms with Crippen LogP contribution in [0, 0.1) is 5.92 Å². The highest BCUT2D eigenvalue weighted by Crippen LogP contribution is 2.33. The lowest BCUT2D eigenvalue weighted by molar-refractivity contribution is 0.112. The largest absolute Gasteiger partial charge is 0.378 e. The first-order chi connectivity index (χ1) is 10.2. The van der Waals surface area contributed by atoms with Gasteiger partial charge in [0, 0.05) is 19.7 Å². The molecule has 1 saturated carbocycles. The van der Waals surface area contributed by atoms with E-state index in [0.717, 1.165) is 30.1 Å². The van der Waals surface area contributed by atoms with Crippen LogP contribution in [0.1, 0.15) is 61.3 Å². The first-order valence-corrected chi connectivity index (χ1v) is 8.67. The molecule has 118 valence electrons. The molecule has 0 spiro atoms. The van der Waals surface area contributed by atoms with E-state index in [4.69, 9.17) is 4.74 Å². The quantitative estimate of drug-likeness (QED) is 0.683.